The fraction of sp³-hybridized carbons (Fsp3) is 0.667. The third kappa shape index (κ3) is 38.4. The van der Waals surface area contributed by atoms with Gasteiger partial charge in [0.15, 0.2) is 0 Å². The van der Waals surface area contributed by atoms with Gasteiger partial charge in [0.05, 0.1) is 25.4 Å². The first-order chi connectivity index (χ1) is 8.54. The van der Waals surface area contributed by atoms with E-state index in [-0.39, 0.29) is 18.3 Å². The van der Waals surface area contributed by atoms with E-state index in [1.54, 1.807) is 13.8 Å². The number of hydrogen-bond donors (Lipinski definition) is 4. The molecule has 7 heteroatoms. The summed E-state index contributed by atoms with van der Waals surface area (Å²) in [5, 5.41) is 32.4. The van der Waals surface area contributed by atoms with E-state index in [1.165, 1.54) is 6.92 Å². The average Bonchev–Trinajstić information content (AvgIpc) is 2.25. The van der Waals surface area contributed by atoms with Crippen molar-refractivity contribution >= 4 is 11.9 Å². The van der Waals surface area contributed by atoms with Crippen LogP contribution < -0.4 is 0 Å². The molecule has 0 fully saturated rings. The standard InChI is InChI=1S/C6H14O3.C4H6O2.C2H4O2/c1-5(8)4-9-6(2)3-7;1-3(2)4(5)6;1-2(3)4/h5-8H,3-4H2,1-2H3;1H2,2H3,(H,5,6);1H3,(H,3,4). The maximum atomic E-state index is 9.60. The lowest BCUT2D eigenvalue weighted by atomic mass is 10.4. The summed E-state index contributed by atoms with van der Waals surface area (Å²) < 4.78 is 4.95. The van der Waals surface area contributed by atoms with Crippen molar-refractivity contribution in [2.24, 2.45) is 0 Å². The Morgan fingerprint density at radius 2 is 1.53 bits per heavy atom. The molecule has 0 bridgehead atoms. The zero-order chi connectivity index (χ0) is 16.0. The second-order valence-corrected chi connectivity index (χ2v) is 3.78. The molecule has 19 heavy (non-hydrogen) atoms. The molecule has 0 rings (SSSR count). The molecule has 0 heterocycles. The second-order valence-electron chi connectivity index (χ2n) is 3.78. The molecule has 0 radical (unpaired) electrons. The van der Waals surface area contributed by atoms with E-state index in [2.05, 4.69) is 6.58 Å². The SMILES string of the molecule is C=C(C)C(=O)O.CC(=O)O.CC(O)COC(C)CO. The number of hydrogen-bond acceptors (Lipinski definition) is 5. The molecule has 7 nitrogen and oxygen atoms in total. The van der Waals surface area contributed by atoms with Crippen LogP contribution in [0.15, 0.2) is 12.2 Å². The van der Waals surface area contributed by atoms with Crippen LogP contribution in [-0.4, -0.2) is 57.8 Å². The fourth-order valence-electron chi connectivity index (χ4n) is 0.356. The lowest BCUT2D eigenvalue weighted by Gasteiger charge is -2.10. The van der Waals surface area contributed by atoms with Crippen molar-refractivity contribution in [1.82, 2.24) is 0 Å². The number of carboxylic acid groups (broad SMARTS) is 2. The molecule has 114 valence electrons. The number of aliphatic hydroxyl groups is 2. The number of carbonyl (C=O) groups is 2. The van der Waals surface area contributed by atoms with Gasteiger partial charge < -0.3 is 25.2 Å². The number of aliphatic hydroxyl groups excluding tert-OH is 2. The van der Waals surface area contributed by atoms with Crippen LogP contribution in [0.2, 0.25) is 0 Å². The third-order valence-corrected chi connectivity index (χ3v) is 1.24. The molecule has 0 aromatic rings. The first kappa shape index (κ1) is 22.7. The van der Waals surface area contributed by atoms with Crippen LogP contribution in [0, 0.1) is 0 Å². The van der Waals surface area contributed by atoms with Crippen LogP contribution in [0.4, 0.5) is 0 Å². The predicted octanol–water partition coefficient (Wildman–Crippen LogP) is 0.503. The molecular formula is C12H24O7. The summed E-state index contributed by atoms with van der Waals surface area (Å²) in [6.07, 6.45) is -0.612. The van der Waals surface area contributed by atoms with Gasteiger partial charge in [-0.3, -0.25) is 4.79 Å². The Balaban J connectivity index is -0.000000222. The predicted molar refractivity (Wildman–Crippen MR) is 69.9 cm³/mol. The zero-order valence-electron chi connectivity index (χ0n) is 11.8. The van der Waals surface area contributed by atoms with Crippen LogP contribution in [-0.2, 0) is 14.3 Å². The minimum Gasteiger partial charge on any atom is -0.481 e. The molecule has 2 atom stereocenters. The van der Waals surface area contributed by atoms with Crippen molar-refractivity contribution in [2.75, 3.05) is 13.2 Å². The van der Waals surface area contributed by atoms with Crippen molar-refractivity contribution in [1.29, 1.82) is 0 Å². The largest absolute Gasteiger partial charge is 0.481 e. The van der Waals surface area contributed by atoms with E-state index in [4.69, 9.17) is 30.0 Å². The summed E-state index contributed by atoms with van der Waals surface area (Å²) in [5.74, 6) is -1.77. The normalized spacial score (nSPS) is 11.9. The first-order valence-electron chi connectivity index (χ1n) is 5.53. The maximum Gasteiger partial charge on any atom is 0.330 e. The van der Waals surface area contributed by atoms with E-state index in [9.17, 15) is 4.79 Å². The quantitative estimate of drug-likeness (QED) is 0.540. The molecule has 0 saturated carbocycles. The van der Waals surface area contributed by atoms with Gasteiger partial charge in [-0.15, -0.1) is 0 Å². The summed E-state index contributed by atoms with van der Waals surface area (Å²) in [6, 6.07) is 0. The number of aliphatic carboxylic acids is 2. The molecule has 0 spiro atoms. The van der Waals surface area contributed by atoms with Gasteiger partial charge in [0, 0.05) is 12.5 Å². The summed E-state index contributed by atoms with van der Waals surface area (Å²) in [7, 11) is 0. The summed E-state index contributed by atoms with van der Waals surface area (Å²) in [6.45, 7) is 9.38. The average molecular weight is 280 g/mol. The van der Waals surface area contributed by atoms with Gasteiger partial charge in [-0.25, -0.2) is 4.79 Å². The van der Waals surface area contributed by atoms with Crippen molar-refractivity contribution in [2.45, 2.75) is 39.9 Å². The number of ether oxygens (including phenoxy) is 1. The molecule has 0 aromatic carbocycles. The molecule has 0 aliphatic rings. The molecule has 0 aliphatic heterocycles. The van der Waals surface area contributed by atoms with Crippen LogP contribution in [0.25, 0.3) is 0 Å². The van der Waals surface area contributed by atoms with E-state index < -0.39 is 18.0 Å². The fourth-order valence-corrected chi connectivity index (χ4v) is 0.356. The third-order valence-electron chi connectivity index (χ3n) is 1.24. The smallest absolute Gasteiger partial charge is 0.330 e. The Morgan fingerprint density at radius 1 is 1.21 bits per heavy atom. The summed E-state index contributed by atoms with van der Waals surface area (Å²) >= 11 is 0. The molecular weight excluding hydrogens is 256 g/mol. The minimum atomic E-state index is -0.935. The molecule has 0 saturated heterocycles. The highest BCUT2D eigenvalue weighted by molar-refractivity contribution is 5.84. The van der Waals surface area contributed by atoms with E-state index in [1.807, 2.05) is 0 Å². The highest BCUT2D eigenvalue weighted by atomic mass is 16.5. The van der Waals surface area contributed by atoms with Crippen LogP contribution in [0.5, 0.6) is 0 Å². The van der Waals surface area contributed by atoms with E-state index in [0.717, 1.165) is 6.92 Å². The highest BCUT2D eigenvalue weighted by Crippen LogP contribution is 1.90. The lowest BCUT2D eigenvalue weighted by Crippen LogP contribution is -2.19. The Morgan fingerprint density at radius 3 is 1.68 bits per heavy atom. The maximum absolute atomic E-state index is 9.60. The van der Waals surface area contributed by atoms with Gasteiger partial charge in [0.1, 0.15) is 0 Å². The topological polar surface area (TPSA) is 124 Å². The van der Waals surface area contributed by atoms with Gasteiger partial charge in [0.2, 0.25) is 0 Å². The van der Waals surface area contributed by atoms with E-state index in [0.29, 0.717) is 6.61 Å². The summed E-state index contributed by atoms with van der Waals surface area (Å²) in [5.41, 5.74) is 0.176. The molecule has 2 unspecified atom stereocenters. The van der Waals surface area contributed by atoms with Crippen molar-refractivity contribution < 1.29 is 34.8 Å². The highest BCUT2D eigenvalue weighted by Gasteiger charge is 2.00. The van der Waals surface area contributed by atoms with Crippen molar-refractivity contribution in [3.8, 4) is 0 Å². The zero-order valence-corrected chi connectivity index (χ0v) is 11.8. The number of carboxylic acids is 2. The van der Waals surface area contributed by atoms with Crippen LogP contribution >= 0.6 is 0 Å². The first-order valence-corrected chi connectivity index (χ1v) is 5.53. The van der Waals surface area contributed by atoms with Gasteiger partial charge in [0.25, 0.3) is 5.97 Å². The Bertz CT molecular complexity index is 245. The van der Waals surface area contributed by atoms with Crippen LogP contribution in [0.1, 0.15) is 27.7 Å². The van der Waals surface area contributed by atoms with Gasteiger partial charge >= 0.3 is 5.97 Å². The Hall–Kier alpha value is -1.44. The van der Waals surface area contributed by atoms with Gasteiger partial charge in [-0.1, -0.05) is 6.58 Å². The monoisotopic (exact) mass is 280 g/mol. The Kier molecular flexibility index (Phi) is 17.5. The second kappa shape index (κ2) is 14.6. The summed E-state index contributed by atoms with van der Waals surface area (Å²) in [4.78, 5) is 18.6. The van der Waals surface area contributed by atoms with Crippen molar-refractivity contribution in [3.63, 3.8) is 0 Å². The minimum absolute atomic E-state index is 0.00667. The van der Waals surface area contributed by atoms with Crippen LogP contribution in [0.3, 0.4) is 0 Å². The molecule has 4 N–H and O–H groups in total. The molecule has 0 aliphatic carbocycles. The van der Waals surface area contributed by atoms with Gasteiger partial charge in [-0.2, -0.15) is 0 Å². The van der Waals surface area contributed by atoms with Crippen molar-refractivity contribution in [3.05, 3.63) is 12.2 Å². The molecule has 0 aromatic heterocycles. The molecule has 0 amide bonds. The Labute approximate surface area is 113 Å². The number of rotatable bonds is 5. The van der Waals surface area contributed by atoms with E-state index >= 15 is 0 Å². The van der Waals surface area contributed by atoms with Gasteiger partial charge in [-0.05, 0) is 20.8 Å². The lowest BCUT2D eigenvalue weighted by molar-refractivity contribution is -0.134.